The Kier molecular flexibility index (Phi) is 3.81. The molecule has 0 spiro atoms. The van der Waals surface area contributed by atoms with E-state index in [9.17, 15) is 4.79 Å². The molecule has 5 heteroatoms. The van der Waals surface area contributed by atoms with Gasteiger partial charge >= 0.3 is 0 Å². The summed E-state index contributed by atoms with van der Waals surface area (Å²) in [6.45, 7) is 4.81. The summed E-state index contributed by atoms with van der Waals surface area (Å²) in [5.74, 6) is 2.83. The number of likely N-dealkylation sites (tertiary alicyclic amines) is 1. The van der Waals surface area contributed by atoms with E-state index in [1.54, 1.807) is 4.90 Å². The van der Waals surface area contributed by atoms with Gasteiger partial charge in [-0.3, -0.25) is 4.79 Å². The maximum Gasteiger partial charge on any atom is 0.224 e. The van der Waals surface area contributed by atoms with Crippen LogP contribution in [0.3, 0.4) is 0 Å². The Morgan fingerprint density at radius 1 is 1.81 bits per heavy atom. The highest BCUT2D eigenvalue weighted by Crippen LogP contribution is 2.28. The van der Waals surface area contributed by atoms with Gasteiger partial charge in [0, 0.05) is 24.4 Å². The molecule has 0 bridgehead atoms. The molecule has 0 aromatic heterocycles. The van der Waals surface area contributed by atoms with E-state index in [-0.39, 0.29) is 11.8 Å². The van der Waals surface area contributed by atoms with Gasteiger partial charge in [0.15, 0.2) is 0 Å². The Hall–Kier alpha value is -1.66. The molecule has 2 atom stereocenters. The topological polar surface area (TPSA) is 69.1 Å². The third kappa shape index (κ3) is 2.29. The Morgan fingerprint density at radius 2 is 2.50 bits per heavy atom. The van der Waals surface area contributed by atoms with E-state index in [1.807, 2.05) is 13.8 Å². The van der Waals surface area contributed by atoms with Crippen molar-refractivity contribution in [3.63, 3.8) is 0 Å². The Morgan fingerprint density at radius 3 is 3.00 bits per heavy atom. The van der Waals surface area contributed by atoms with Crippen molar-refractivity contribution in [1.82, 2.24) is 4.90 Å². The Balaban J connectivity index is 2.75. The molecule has 1 saturated heterocycles. The second-order valence-corrected chi connectivity index (χ2v) is 4.26. The van der Waals surface area contributed by atoms with Crippen LogP contribution < -0.4 is 0 Å². The van der Waals surface area contributed by atoms with E-state index in [0.29, 0.717) is 19.5 Å². The first-order valence-electron chi connectivity index (χ1n) is 5.36. The SMILES string of the molecule is C#CC(C)(CC)N1CC(CN=[N+]=[N-])CC1=O. The standard InChI is InChI=1S/C11H16N4O/c1-4-11(3,5-2)15-8-9(6-10(15)16)7-13-14-12/h1,9H,5-8H2,2-3H3. The molecule has 0 aliphatic carbocycles. The van der Waals surface area contributed by atoms with Gasteiger partial charge in [-0.25, -0.2) is 0 Å². The Labute approximate surface area is 95.4 Å². The van der Waals surface area contributed by atoms with Crippen molar-refractivity contribution >= 4 is 5.91 Å². The number of hydrogen-bond donors (Lipinski definition) is 0. The van der Waals surface area contributed by atoms with Crippen molar-refractivity contribution in [2.45, 2.75) is 32.2 Å². The summed E-state index contributed by atoms with van der Waals surface area (Å²) >= 11 is 0. The first-order valence-corrected chi connectivity index (χ1v) is 5.36. The van der Waals surface area contributed by atoms with Gasteiger partial charge in [0.05, 0.1) is 0 Å². The lowest BCUT2D eigenvalue weighted by Crippen LogP contribution is -2.45. The van der Waals surface area contributed by atoms with E-state index in [1.165, 1.54) is 0 Å². The predicted octanol–water partition coefficient (Wildman–Crippen LogP) is 1.95. The molecule has 1 aliphatic rings. The zero-order valence-corrected chi connectivity index (χ0v) is 9.68. The molecule has 16 heavy (non-hydrogen) atoms. The molecule has 0 aromatic rings. The maximum absolute atomic E-state index is 11.8. The number of rotatable bonds is 4. The van der Waals surface area contributed by atoms with E-state index < -0.39 is 5.54 Å². The molecule has 1 fully saturated rings. The fraction of sp³-hybridized carbons (Fsp3) is 0.727. The largest absolute Gasteiger partial charge is 0.326 e. The average molecular weight is 220 g/mol. The second-order valence-electron chi connectivity index (χ2n) is 4.26. The van der Waals surface area contributed by atoms with Crippen molar-refractivity contribution in [2.24, 2.45) is 11.0 Å². The number of nitrogens with zero attached hydrogens (tertiary/aromatic N) is 4. The van der Waals surface area contributed by atoms with Crippen LogP contribution in [-0.4, -0.2) is 29.4 Å². The average Bonchev–Trinajstić information content (AvgIpc) is 2.67. The van der Waals surface area contributed by atoms with E-state index in [4.69, 9.17) is 12.0 Å². The molecule has 1 aliphatic heterocycles. The van der Waals surface area contributed by atoms with Gasteiger partial charge in [0.2, 0.25) is 5.91 Å². The Bertz CT molecular complexity index is 367. The lowest BCUT2D eigenvalue weighted by Gasteiger charge is -2.33. The number of amides is 1. The molecule has 1 amide bonds. The maximum atomic E-state index is 11.8. The molecular weight excluding hydrogens is 204 g/mol. The summed E-state index contributed by atoms with van der Waals surface area (Å²) in [6, 6.07) is 0. The summed E-state index contributed by atoms with van der Waals surface area (Å²) in [6.07, 6.45) is 6.63. The van der Waals surface area contributed by atoms with Crippen LogP contribution in [0.25, 0.3) is 10.4 Å². The van der Waals surface area contributed by atoms with Crippen LogP contribution in [0.2, 0.25) is 0 Å². The molecule has 1 heterocycles. The molecule has 5 nitrogen and oxygen atoms in total. The van der Waals surface area contributed by atoms with Crippen LogP contribution in [0.15, 0.2) is 5.11 Å². The van der Waals surface area contributed by atoms with E-state index in [2.05, 4.69) is 15.9 Å². The van der Waals surface area contributed by atoms with Gasteiger partial charge in [-0.15, -0.1) is 6.42 Å². The van der Waals surface area contributed by atoms with Crippen LogP contribution >= 0.6 is 0 Å². The highest BCUT2D eigenvalue weighted by atomic mass is 16.2. The first-order chi connectivity index (χ1) is 7.57. The van der Waals surface area contributed by atoms with Crippen LogP contribution in [0.4, 0.5) is 0 Å². The lowest BCUT2D eigenvalue weighted by atomic mass is 9.98. The van der Waals surface area contributed by atoms with Gasteiger partial charge in [0.25, 0.3) is 0 Å². The first kappa shape index (κ1) is 12.4. The summed E-state index contributed by atoms with van der Waals surface area (Å²) < 4.78 is 0. The van der Waals surface area contributed by atoms with Crippen molar-refractivity contribution in [2.75, 3.05) is 13.1 Å². The zero-order chi connectivity index (χ0) is 12.2. The molecule has 0 aromatic carbocycles. The molecule has 0 N–H and O–H groups in total. The van der Waals surface area contributed by atoms with Gasteiger partial charge in [-0.2, -0.15) is 0 Å². The third-order valence-electron chi connectivity index (χ3n) is 3.20. The zero-order valence-electron chi connectivity index (χ0n) is 9.68. The fourth-order valence-electron chi connectivity index (χ4n) is 1.90. The summed E-state index contributed by atoms with van der Waals surface area (Å²) in [4.78, 5) is 16.2. The van der Waals surface area contributed by atoms with Crippen molar-refractivity contribution in [1.29, 1.82) is 0 Å². The third-order valence-corrected chi connectivity index (χ3v) is 3.20. The van der Waals surface area contributed by atoms with Crippen molar-refractivity contribution < 1.29 is 4.79 Å². The van der Waals surface area contributed by atoms with Crippen molar-refractivity contribution in [3.8, 4) is 12.3 Å². The number of hydrogen-bond acceptors (Lipinski definition) is 2. The summed E-state index contributed by atoms with van der Waals surface area (Å²) in [7, 11) is 0. The van der Waals surface area contributed by atoms with E-state index in [0.717, 1.165) is 6.42 Å². The minimum Gasteiger partial charge on any atom is -0.326 e. The molecule has 86 valence electrons. The minimum absolute atomic E-state index is 0.0560. The van der Waals surface area contributed by atoms with Crippen LogP contribution in [-0.2, 0) is 4.79 Å². The quantitative estimate of drug-likeness (QED) is 0.309. The molecule has 2 unspecified atom stereocenters. The van der Waals surface area contributed by atoms with E-state index >= 15 is 0 Å². The minimum atomic E-state index is -0.512. The predicted molar refractivity (Wildman–Crippen MR) is 61.4 cm³/mol. The molecular formula is C11H16N4O. The van der Waals surface area contributed by atoms with Gasteiger partial charge < -0.3 is 4.90 Å². The summed E-state index contributed by atoms with van der Waals surface area (Å²) in [5.41, 5.74) is 7.73. The molecule has 0 saturated carbocycles. The number of azide groups is 1. The number of carbonyl (C=O) groups is 1. The van der Waals surface area contributed by atoms with Gasteiger partial charge in [-0.1, -0.05) is 18.0 Å². The molecule has 1 rings (SSSR count). The lowest BCUT2D eigenvalue weighted by molar-refractivity contribution is -0.131. The molecule has 0 radical (unpaired) electrons. The second kappa shape index (κ2) is 4.91. The summed E-state index contributed by atoms with van der Waals surface area (Å²) in [5, 5.41) is 3.51. The van der Waals surface area contributed by atoms with Gasteiger partial charge in [0.1, 0.15) is 5.54 Å². The van der Waals surface area contributed by atoms with Crippen molar-refractivity contribution in [3.05, 3.63) is 10.4 Å². The van der Waals surface area contributed by atoms with Gasteiger partial charge in [-0.05, 0) is 24.8 Å². The fourth-order valence-corrected chi connectivity index (χ4v) is 1.90. The number of terminal acetylenes is 1. The van der Waals surface area contributed by atoms with Crippen LogP contribution in [0.5, 0.6) is 0 Å². The number of carbonyl (C=O) groups excluding carboxylic acids is 1. The van der Waals surface area contributed by atoms with Crippen LogP contribution in [0.1, 0.15) is 26.7 Å². The normalized spacial score (nSPS) is 23.4. The highest BCUT2D eigenvalue weighted by molar-refractivity contribution is 5.80. The smallest absolute Gasteiger partial charge is 0.224 e. The highest BCUT2D eigenvalue weighted by Gasteiger charge is 2.39. The monoisotopic (exact) mass is 220 g/mol. The van der Waals surface area contributed by atoms with Crippen LogP contribution in [0, 0.1) is 18.3 Å².